The largest absolute Gasteiger partial charge is 0.383 e. The molecule has 3 rings (SSSR count). The van der Waals surface area contributed by atoms with E-state index in [0.29, 0.717) is 25.4 Å². The van der Waals surface area contributed by atoms with Gasteiger partial charge >= 0.3 is 0 Å². The van der Waals surface area contributed by atoms with Crippen molar-refractivity contribution in [1.82, 2.24) is 19.9 Å². The molecule has 0 spiro atoms. The molecular formula is C15H17BrN4O2S. The van der Waals surface area contributed by atoms with Gasteiger partial charge in [-0.05, 0) is 17.7 Å². The van der Waals surface area contributed by atoms with Gasteiger partial charge in [0.2, 0.25) is 5.91 Å². The third-order valence-electron chi connectivity index (χ3n) is 3.57. The number of halogens is 1. The average Bonchev–Trinajstić information content (AvgIpc) is 3.14. The van der Waals surface area contributed by atoms with E-state index in [0.717, 1.165) is 15.7 Å². The lowest BCUT2D eigenvalue weighted by molar-refractivity contribution is -0.128. The summed E-state index contributed by atoms with van der Waals surface area (Å²) < 4.78 is 7.94. The zero-order valence-corrected chi connectivity index (χ0v) is 15.1. The van der Waals surface area contributed by atoms with Crippen molar-refractivity contribution in [3.05, 3.63) is 46.2 Å². The lowest BCUT2D eigenvalue weighted by atomic mass is 10.2. The molecule has 0 bridgehead atoms. The Balaban J connectivity index is 1.70. The van der Waals surface area contributed by atoms with Gasteiger partial charge in [0.05, 0.1) is 25.1 Å². The molecule has 0 unspecified atom stereocenters. The monoisotopic (exact) mass is 396 g/mol. The van der Waals surface area contributed by atoms with Gasteiger partial charge in [-0.15, -0.1) is 16.9 Å². The molecule has 1 saturated heterocycles. The minimum Gasteiger partial charge on any atom is -0.383 e. The minimum atomic E-state index is -0.0729. The highest BCUT2D eigenvalue weighted by Crippen LogP contribution is 2.37. The summed E-state index contributed by atoms with van der Waals surface area (Å²) in [5.41, 5.74) is 1.96. The SMILES string of the molecule is COCCN1C(=O)CS[C@@H]1c1cn(Cc2ccc(Br)cc2)nn1. The Kier molecular flexibility index (Phi) is 5.34. The first-order valence-electron chi connectivity index (χ1n) is 7.22. The van der Waals surface area contributed by atoms with Crippen LogP contribution in [0.2, 0.25) is 0 Å². The Bertz CT molecular complexity index is 676. The Labute approximate surface area is 147 Å². The number of carbonyl (C=O) groups excluding carboxylic acids is 1. The standard InChI is InChI=1S/C15H17BrN4O2S/c1-22-7-6-20-14(21)10-23-15(20)13-9-19(18-17-13)8-11-2-4-12(16)5-3-11/h2-5,9,15H,6-8,10H2,1H3/t15-/m1/s1. The smallest absolute Gasteiger partial charge is 0.233 e. The van der Waals surface area contributed by atoms with Gasteiger partial charge in [-0.3, -0.25) is 4.79 Å². The van der Waals surface area contributed by atoms with E-state index in [1.807, 2.05) is 35.4 Å². The molecule has 1 fully saturated rings. The average molecular weight is 397 g/mol. The molecule has 1 aromatic carbocycles. The van der Waals surface area contributed by atoms with Crippen molar-refractivity contribution in [3.63, 3.8) is 0 Å². The summed E-state index contributed by atoms with van der Waals surface area (Å²) in [6.45, 7) is 1.76. The number of hydrogen-bond donors (Lipinski definition) is 0. The van der Waals surface area contributed by atoms with E-state index in [9.17, 15) is 4.79 Å². The number of aromatic nitrogens is 3. The molecule has 1 aliphatic heterocycles. The van der Waals surface area contributed by atoms with Gasteiger partial charge in [-0.25, -0.2) is 4.68 Å². The van der Waals surface area contributed by atoms with Gasteiger partial charge in [-0.2, -0.15) is 0 Å². The van der Waals surface area contributed by atoms with E-state index in [2.05, 4.69) is 26.2 Å². The fourth-order valence-electron chi connectivity index (χ4n) is 2.41. The molecule has 1 amide bonds. The summed E-state index contributed by atoms with van der Waals surface area (Å²) in [5.74, 6) is 0.605. The molecule has 1 atom stereocenters. The fourth-order valence-corrected chi connectivity index (χ4v) is 3.82. The molecule has 0 radical (unpaired) electrons. The van der Waals surface area contributed by atoms with E-state index in [4.69, 9.17) is 4.74 Å². The van der Waals surface area contributed by atoms with Crippen LogP contribution in [0.15, 0.2) is 34.9 Å². The van der Waals surface area contributed by atoms with Crippen molar-refractivity contribution in [2.24, 2.45) is 0 Å². The maximum Gasteiger partial charge on any atom is 0.233 e. The van der Waals surface area contributed by atoms with E-state index < -0.39 is 0 Å². The van der Waals surface area contributed by atoms with Crippen LogP contribution in [0.25, 0.3) is 0 Å². The van der Waals surface area contributed by atoms with Gasteiger partial charge in [0.15, 0.2) is 0 Å². The number of nitrogens with zero attached hydrogens (tertiary/aromatic N) is 4. The first kappa shape index (κ1) is 16.5. The van der Waals surface area contributed by atoms with Crippen LogP contribution >= 0.6 is 27.7 Å². The van der Waals surface area contributed by atoms with Crippen LogP contribution in [-0.4, -0.2) is 51.8 Å². The summed E-state index contributed by atoms with van der Waals surface area (Å²) in [6, 6.07) is 8.10. The zero-order chi connectivity index (χ0) is 16.2. The van der Waals surface area contributed by atoms with Crippen molar-refractivity contribution in [3.8, 4) is 0 Å². The van der Waals surface area contributed by atoms with Crippen LogP contribution in [0.1, 0.15) is 16.6 Å². The van der Waals surface area contributed by atoms with Crippen molar-refractivity contribution < 1.29 is 9.53 Å². The van der Waals surface area contributed by atoms with Gasteiger partial charge in [0.25, 0.3) is 0 Å². The predicted molar refractivity (Wildman–Crippen MR) is 92.1 cm³/mol. The highest BCUT2D eigenvalue weighted by molar-refractivity contribution is 9.10. The maximum absolute atomic E-state index is 12.0. The highest BCUT2D eigenvalue weighted by Gasteiger charge is 2.34. The Hall–Kier alpha value is -1.38. The maximum atomic E-state index is 12.0. The molecule has 6 nitrogen and oxygen atoms in total. The third-order valence-corrected chi connectivity index (χ3v) is 5.33. The van der Waals surface area contributed by atoms with Gasteiger partial charge in [0.1, 0.15) is 11.1 Å². The Morgan fingerprint density at radius 1 is 1.39 bits per heavy atom. The predicted octanol–water partition coefficient (Wildman–Crippen LogP) is 2.31. The molecule has 2 aromatic rings. The van der Waals surface area contributed by atoms with Gasteiger partial charge < -0.3 is 9.64 Å². The summed E-state index contributed by atoms with van der Waals surface area (Å²) in [7, 11) is 1.64. The van der Waals surface area contributed by atoms with E-state index >= 15 is 0 Å². The van der Waals surface area contributed by atoms with Crippen LogP contribution in [0.3, 0.4) is 0 Å². The zero-order valence-electron chi connectivity index (χ0n) is 12.7. The van der Waals surface area contributed by atoms with Crippen LogP contribution < -0.4 is 0 Å². The number of rotatable bonds is 6. The molecule has 8 heteroatoms. The van der Waals surface area contributed by atoms with E-state index in [1.54, 1.807) is 23.6 Å². The Morgan fingerprint density at radius 2 is 2.17 bits per heavy atom. The number of hydrogen-bond acceptors (Lipinski definition) is 5. The lowest BCUT2D eigenvalue weighted by Crippen LogP contribution is -2.31. The molecule has 1 aromatic heterocycles. The molecule has 0 aliphatic carbocycles. The second kappa shape index (κ2) is 7.46. The fraction of sp³-hybridized carbons (Fsp3) is 0.400. The molecule has 0 saturated carbocycles. The van der Waals surface area contributed by atoms with Gasteiger partial charge in [0, 0.05) is 18.1 Å². The molecule has 0 N–H and O–H groups in total. The molecule has 122 valence electrons. The molecule has 23 heavy (non-hydrogen) atoms. The van der Waals surface area contributed by atoms with Crippen LogP contribution in [0, 0.1) is 0 Å². The number of methoxy groups -OCH3 is 1. The van der Waals surface area contributed by atoms with Crippen LogP contribution in [0.5, 0.6) is 0 Å². The summed E-state index contributed by atoms with van der Waals surface area (Å²) in [6.07, 6.45) is 1.91. The minimum absolute atomic E-state index is 0.0729. The quantitative estimate of drug-likeness (QED) is 0.749. The van der Waals surface area contributed by atoms with Crippen molar-refractivity contribution >= 4 is 33.6 Å². The number of benzene rings is 1. The lowest BCUT2D eigenvalue weighted by Gasteiger charge is -2.21. The summed E-state index contributed by atoms with van der Waals surface area (Å²) in [5, 5.41) is 8.37. The van der Waals surface area contributed by atoms with E-state index in [1.165, 1.54) is 0 Å². The Morgan fingerprint density at radius 3 is 2.91 bits per heavy atom. The van der Waals surface area contributed by atoms with Crippen molar-refractivity contribution in [2.45, 2.75) is 11.9 Å². The number of ether oxygens (including phenoxy) is 1. The second-order valence-electron chi connectivity index (χ2n) is 5.21. The first-order valence-corrected chi connectivity index (χ1v) is 9.06. The highest BCUT2D eigenvalue weighted by atomic mass is 79.9. The van der Waals surface area contributed by atoms with Crippen molar-refractivity contribution in [1.29, 1.82) is 0 Å². The number of thioether (sulfide) groups is 1. The molecule has 2 heterocycles. The molecular weight excluding hydrogens is 380 g/mol. The topological polar surface area (TPSA) is 60.2 Å². The van der Waals surface area contributed by atoms with Crippen molar-refractivity contribution in [2.75, 3.05) is 26.0 Å². The summed E-state index contributed by atoms with van der Waals surface area (Å²) in [4.78, 5) is 13.8. The first-order chi connectivity index (χ1) is 11.2. The normalized spacial score (nSPS) is 17.9. The summed E-state index contributed by atoms with van der Waals surface area (Å²) >= 11 is 5.01. The number of amides is 1. The van der Waals surface area contributed by atoms with Crippen LogP contribution in [0.4, 0.5) is 0 Å². The van der Waals surface area contributed by atoms with Crippen LogP contribution in [-0.2, 0) is 16.1 Å². The third kappa shape index (κ3) is 3.94. The van der Waals surface area contributed by atoms with Gasteiger partial charge in [-0.1, -0.05) is 33.3 Å². The van der Waals surface area contributed by atoms with E-state index in [-0.39, 0.29) is 11.3 Å². The number of carbonyl (C=O) groups is 1. The second-order valence-corrected chi connectivity index (χ2v) is 7.19. The molecule has 1 aliphatic rings.